The molecular formula is C27H29Cl2N3. The summed E-state index contributed by atoms with van der Waals surface area (Å²) in [5.41, 5.74) is 4.96. The van der Waals surface area contributed by atoms with E-state index in [0.29, 0.717) is 0 Å². The molecule has 0 spiro atoms. The number of hydrogen-bond donors (Lipinski definition) is 0. The SMILES string of the molecule is CN(C)c1ccc(/C=C/C2N(Cc3ccc(Cl)cc3)CCN2Cc2ccc(Cl)cc2)cc1. The van der Waals surface area contributed by atoms with Gasteiger partial charge in [-0.1, -0.05) is 71.8 Å². The van der Waals surface area contributed by atoms with Crippen LogP contribution in [0, 0.1) is 0 Å². The van der Waals surface area contributed by atoms with Crippen LogP contribution in [-0.2, 0) is 13.1 Å². The van der Waals surface area contributed by atoms with Gasteiger partial charge >= 0.3 is 0 Å². The second kappa shape index (κ2) is 10.5. The average Bonchev–Trinajstić information content (AvgIpc) is 3.16. The van der Waals surface area contributed by atoms with Gasteiger partial charge < -0.3 is 4.90 Å². The number of nitrogens with zero attached hydrogens (tertiary/aromatic N) is 3. The van der Waals surface area contributed by atoms with Crippen LogP contribution < -0.4 is 4.90 Å². The molecule has 0 atom stereocenters. The molecule has 0 N–H and O–H groups in total. The van der Waals surface area contributed by atoms with E-state index in [9.17, 15) is 0 Å². The Balaban J connectivity index is 1.53. The predicted octanol–water partition coefficient (Wildman–Crippen LogP) is 6.42. The van der Waals surface area contributed by atoms with Crippen LogP contribution >= 0.6 is 23.2 Å². The zero-order valence-corrected chi connectivity index (χ0v) is 20.1. The first-order valence-electron chi connectivity index (χ1n) is 10.9. The van der Waals surface area contributed by atoms with Crippen molar-refractivity contribution in [1.82, 2.24) is 9.80 Å². The highest BCUT2D eigenvalue weighted by Gasteiger charge is 2.29. The molecular weight excluding hydrogens is 437 g/mol. The fraction of sp³-hybridized carbons (Fsp3) is 0.259. The number of halogens is 2. The van der Waals surface area contributed by atoms with Crippen molar-refractivity contribution in [2.45, 2.75) is 19.3 Å². The number of hydrogen-bond acceptors (Lipinski definition) is 3. The summed E-state index contributed by atoms with van der Waals surface area (Å²) < 4.78 is 0. The zero-order valence-electron chi connectivity index (χ0n) is 18.6. The van der Waals surface area contributed by atoms with Gasteiger partial charge in [-0.25, -0.2) is 0 Å². The molecule has 3 nitrogen and oxygen atoms in total. The minimum absolute atomic E-state index is 0.217. The summed E-state index contributed by atoms with van der Waals surface area (Å²) in [7, 11) is 4.12. The average molecular weight is 466 g/mol. The third-order valence-electron chi connectivity index (χ3n) is 5.89. The van der Waals surface area contributed by atoms with Gasteiger partial charge in [-0.05, 0) is 53.1 Å². The van der Waals surface area contributed by atoms with Crippen molar-refractivity contribution in [3.8, 4) is 0 Å². The van der Waals surface area contributed by atoms with Crippen molar-refractivity contribution in [2.24, 2.45) is 0 Å². The van der Waals surface area contributed by atoms with E-state index in [-0.39, 0.29) is 6.17 Å². The molecule has 1 heterocycles. The molecule has 0 unspecified atom stereocenters. The smallest absolute Gasteiger partial charge is 0.0824 e. The van der Waals surface area contributed by atoms with Gasteiger partial charge in [0, 0.05) is 56.0 Å². The fourth-order valence-corrected chi connectivity index (χ4v) is 4.32. The van der Waals surface area contributed by atoms with Crippen LogP contribution in [0.25, 0.3) is 6.08 Å². The highest BCUT2D eigenvalue weighted by atomic mass is 35.5. The molecule has 0 saturated carbocycles. The molecule has 0 bridgehead atoms. The summed E-state index contributed by atoms with van der Waals surface area (Å²) in [5, 5.41) is 1.55. The molecule has 0 amide bonds. The van der Waals surface area contributed by atoms with Crippen LogP contribution in [0.1, 0.15) is 16.7 Å². The molecule has 1 aliphatic heterocycles. The van der Waals surface area contributed by atoms with Gasteiger partial charge in [0.1, 0.15) is 0 Å². The van der Waals surface area contributed by atoms with Crippen LogP contribution in [0.4, 0.5) is 5.69 Å². The molecule has 4 rings (SSSR count). The third-order valence-corrected chi connectivity index (χ3v) is 6.39. The normalized spacial score (nSPS) is 15.6. The molecule has 1 aliphatic rings. The van der Waals surface area contributed by atoms with E-state index in [0.717, 1.165) is 36.2 Å². The first-order valence-corrected chi connectivity index (χ1v) is 11.7. The fourth-order valence-electron chi connectivity index (χ4n) is 4.07. The number of rotatable bonds is 7. The van der Waals surface area contributed by atoms with E-state index < -0.39 is 0 Å². The summed E-state index contributed by atoms with van der Waals surface area (Å²) in [6.45, 7) is 3.82. The molecule has 3 aromatic carbocycles. The van der Waals surface area contributed by atoms with Gasteiger partial charge in [0.15, 0.2) is 0 Å². The lowest BCUT2D eigenvalue weighted by molar-refractivity contribution is 0.168. The van der Waals surface area contributed by atoms with E-state index in [2.05, 4.69) is 89.5 Å². The maximum Gasteiger partial charge on any atom is 0.0824 e. The molecule has 32 heavy (non-hydrogen) atoms. The quantitative estimate of drug-likeness (QED) is 0.398. The van der Waals surface area contributed by atoms with E-state index in [1.54, 1.807) is 0 Å². The highest BCUT2D eigenvalue weighted by Crippen LogP contribution is 2.24. The van der Waals surface area contributed by atoms with E-state index in [1.807, 2.05) is 24.3 Å². The van der Waals surface area contributed by atoms with Crippen LogP contribution in [0.15, 0.2) is 78.9 Å². The molecule has 1 saturated heterocycles. The van der Waals surface area contributed by atoms with Gasteiger partial charge in [-0.2, -0.15) is 0 Å². The van der Waals surface area contributed by atoms with Crippen molar-refractivity contribution in [3.05, 3.63) is 106 Å². The maximum atomic E-state index is 6.08. The lowest BCUT2D eigenvalue weighted by atomic mass is 10.1. The summed E-state index contributed by atoms with van der Waals surface area (Å²) in [4.78, 5) is 7.15. The molecule has 3 aromatic rings. The summed E-state index contributed by atoms with van der Waals surface area (Å²) in [6, 6.07) is 25.0. The second-order valence-corrected chi connectivity index (χ2v) is 9.33. The standard InChI is InChI=1S/C27H29Cl2N3/c1-30(2)26-14-7-21(8-15-26)9-16-27-31(19-22-3-10-24(28)11-4-22)17-18-32(27)20-23-5-12-25(29)13-6-23/h3-16,27H,17-20H2,1-2H3/b16-9+. The van der Waals surface area contributed by atoms with Crippen molar-refractivity contribution in [3.63, 3.8) is 0 Å². The van der Waals surface area contributed by atoms with Gasteiger partial charge in [0.25, 0.3) is 0 Å². The molecule has 0 aromatic heterocycles. The Morgan fingerprint density at radius 3 is 1.66 bits per heavy atom. The van der Waals surface area contributed by atoms with Crippen LogP contribution in [-0.4, -0.2) is 43.2 Å². The lowest BCUT2D eigenvalue weighted by Gasteiger charge is -2.28. The Labute approximate surface area is 201 Å². The minimum atomic E-state index is 0.217. The first kappa shape index (κ1) is 22.9. The van der Waals surface area contributed by atoms with Gasteiger partial charge in [0.2, 0.25) is 0 Å². The van der Waals surface area contributed by atoms with E-state index in [4.69, 9.17) is 23.2 Å². The van der Waals surface area contributed by atoms with Crippen molar-refractivity contribution in [1.29, 1.82) is 0 Å². The van der Waals surface area contributed by atoms with Crippen molar-refractivity contribution >= 4 is 35.0 Å². The second-order valence-electron chi connectivity index (χ2n) is 8.45. The number of benzene rings is 3. The summed E-state index contributed by atoms with van der Waals surface area (Å²) in [5.74, 6) is 0. The molecule has 0 radical (unpaired) electrons. The highest BCUT2D eigenvalue weighted by molar-refractivity contribution is 6.30. The Bertz CT molecular complexity index is 973. The van der Waals surface area contributed by atoms with Crippen LogP contribution in [0.3, 0.4) is 0 Å². The molecule has 0 aliphatic carbocycles. The first-order chi connectivity index (χ1) is 15.5. The van der Waals surface area contributed by atoms with E-state index >= 15 is 0 Å². The summed E-state index contributed by atoms with van der Waals surface area (Å²) in [6.07, 6.45) is 4.78. The molecule has 5 heteroatoms. The lowest BCUT2D eigenvalue weighted by Crippen LogP contribution is -2.36. The maximum absolute atomic E-state index is 6.08. The Kier molecular flexibility index (Phi) is 7.54. The Morgan fingerprint density at radius 1 is 0.750 bits per heavy atom. The largest absolute Gasteiger partial charge is 0.378 e. The van der Waals surface area contributed by atoms with Gasteiger partial charge in [-0.15, -0.1) is 0 Å². The zero-order chi connectivity index (χ0) is 22.5. The molecule has 166 valence electrons. The minimum Gasteiger partial charge on any atom is -0.378 e. The van der Waals surface area contributed by atoms with E-state index in [1.165, 1.54) is 22.4 Å². The van der Waals surface area contributed by atoms with Crippen LogP contribution in [0.5, 0.6) is 0 Å². The van der Waals surface area contributed by atoms with Gasteiger partial charge in [0.05, 0.1) is 6.17 Å². The van der Waals surface area contributed by atoms with Gasteiger partial charge in [-0.3, -0.25) is 9.80 Å². The predicted molar refractivity (Wildman–Crippen MR) is 137 cm³/mol. The number of anilines is 1. The topological polar surface area (TPSA) is 9.72 Å². The monoisotopic (exact) mass is 465 g/mol. The van der Waals surface area contributed by atoms with Crippen molar-refractivity contribution < 1.29 is 0 Å². The third kappa shape index (κ3) is 5.93. The Morgan fingerprint density at radius 2 is 1.22 bits per heavy atom. The Hall–Kier alpha value is -2.30. The van der Waals surface area contributed by atoms with Crippen molar-refractivity contribution in [2.75, 3.05) is 32.1 Å². The summed E-state index contributed by atoms with van der Waals surface area (Å²) >= 11 is 12.2. The molecule has 1 fully saturated rings. The van der Waals surface area contributed by atoms with Crippen LogP contribution in [0.2, 0.25) is 10.0 Å².